The van der Waals surface area contributed by atoms with Gasteiger partial charge in [0, 0.05) is 0 Å². The van der Waals surface area contributed by atoms with Gasteiger partial charge in [0.1, 0.15) is 0 Å². The highest BCUT2D eigenvalue weighted by molar-refractivity contribution is 5.26. The zero-order valence-corrected chi connectivity index (χ0v) is 12.4. The quantitative estimate of drug-likeness (QED) is 0.844. The van der Waals surface area contributed by atoms with Gasteiger partial charge in [-0.2, -0.15) is 13.2 Å². The van der Waals surface area contributed by atoms with Gasteiger partial charge in [-0.25, -0.2) is 0 Å². The molecule has 21 heavy (non-hydrogen) atoms. The molecular formula is C17H23F3O. The summed E-state index contributed by atoms with van der Waals surface area (Å²) in [6, 6.07) is 5.30. The second-order valence-corrected chi connectivity index (χ2v) is 6.16. The van der Waals surface area contributed by atoms with E-state index in [9.17, 15) is 18.3 Å². The summed E-state index contributed by atoms with van der Waals surface area (Å²) in [5.41, 5.74) is -0.0724. The maximum atomic E-state index is 12.7. The van der Waals surface area contributed by atoms with Crippen LogP contribution in [0.25, 0.3) is 0 Å². The Morgan fingerprint density at radius 1 is 1.19 bits per heavy atom. The molecule has 1 unspecified atom stereocenters. The molecule has 1 nitrogen and oxygen atoms in total. The molecule has 4 heteroatoms. The lowest BCUT2D eigenvalue weighted by Crippen LogP contribution is -2.27. The van der Waals surface area contributed by atoms with Crippen LogP contribution in [0, 0.1) is 11.8 Å². The van der Waals surface area contributed by atoms with E-state index < -0.39 is 17.8 Å². The molecule has 1 N–H and O–H groups in total. The van der Waals surface area contributed by atoms with Gasteiger partial charge >= 0.3 is 6.18 Å². The van der Waals surface area contributed by atoms with Crippen molar-refractivity contribution < 1.29 is 18.3 Å². The molecule has 0 bridgehead atoms. The lowest BCUT2D eigenvalue weighted by molar-refractivity contribution is -0.137. The zero-order chi connectivity index (χ0) is 15.5. The van der Waals surface area contributed by atoms with Crippen molar-refractivity contribution in [3.63, 3.8) is 0 Å². The molecule has 0 amide bonds. The smallest absolute Gasteiger partial charge is 0.392 e. The van der Waals surface area contributed by atoms with Crippen LogP contribution in [0.2, 0.25) is 0 Å². The predicted octanol–water partition coefficient (Wildman–Crippen LogP) is 4.83. The molecule has 1 fully saturated rings. The lowest BCUT2D eigenvalue weighted by Gasteiger charge is -2.31. The van der Waals surface area contributed by atoms with E-state index in [2.05, 4.69) is 6.92 Å². The van der Waals surface area contributed by atoms with Gasteiger partial charge in [0.2, 0.25) is 0 Å². The van der Waals surface area contributed by atoms with E-state index >= 15 is 0 Å². The highest BCUT2D eigenvalue weighted by atomic mass is 19.4. The van der Waals surface area contributed by atoms with Gasteiger partial charge in [-0.1, -0.05) is 44.4 Å². The maximum Gasteiger partial charge on any atom is 0.416 e. The van der Waals surface area contributed by atoms with E-state index in [1.807, 2.05) is 0 Å². The minimum atomic E-state index is -4.32. The molecule has 1 aliphatic rings. The normalized spacial score (nSPS) is 24.8. The third-order valence-electron chi connectivity index (χ3n) is 4.71. The molecule has 118 valence electrons. The van der Waals surface area contributed by atoms with Crippen LogP contribution in [0.4, 0.5) is 13.2 Å². The Morgan fingerprint density at radius 3 is 2.43 bits per heavy atom. The van der Waals surface area contributed by atoms with Crippen molar-refractivity contribution in [2.45, 2.75) is 57.7 Å². The number of hydrogen-bond acceptors (Lipinski definition) is 1. The lowest BCUT2D eigenvalue weighted by atomic mass is 9.77. The fourth-order valence-corrected chi connectivity index (χ4v) is 3.26. The topological polar surface area (TPSA) is 20.2 Å². The largest absolute Gasteiger partial charge is 0.416 e. The fraction of sp³-hybridized carbons (Fsp3) is 0.647. The monoisotopic (exact) mass is 300 g/mol. The van der Waals surface area contributed by atoms with Crippen molar-refractivity contribution in [1.82, 2.24) is 0 Å². The van der Waals surface area contributed by atoms with Gasteiger partial charge in [-0.3, -0.25) is 0 Å². The second-order valence-electron chi connectivity index (χ2n) is 6.16. The van der Waals surface area contributed by atoms with Gasteiger partial charge in [0.15, 0.2) is 0 Å². The molecule has 0 spiro atoms. The third-order valence-corrected chi connectivity index (χ3v) is 4.71. The number of hydrogen-bond donors (Lipinski definition) is 1. The molecule has 0 radical (unpaired) electrons. The Morgan fingerprint density at radius 2 is 1.86 bits per heavy atom. The van der Waals surface area contributed by atoms with E-state index in [4.69, 9.17) is 0 Å². The van der Waals surface area contributed by atoms with E-state index in [0.717, 1.165) is 43.7 Å². The standard InChI is InChI=1S/C17H23F3O/c1-2-12-6-8-14(9-7-12)16(21)11-13-4-3-5-15(10-13)17(18,19)20/h3-5,10,12,14,16,21H,2,6-9,11H2,1H3. The van der Waals surface area contributed by atoms with Crippen LogP contribution in [0.1, 0.15) is 50.2 Å². The summed E-state index contributed by atoms with van der Waals surface area (Å²) in [5.74, 6) is 0.976. The summed E-state index contributed by atoms with van der Waals surface area (Å²) in [6.07, 6.45) is 0.854. The van der Waals surface area contributed by atoms with Crippen molar-refractivity contribution in [3.05, 3.63) is 35.4 Å². The molecule has 1 aromatic carbocycles. The third kappa shape index (κ3) is 4.47. The SMILES string of the molecule is CCC1CCC(C(O)Cc2cccc(C(F)(F)F)c2)CC1. The number of benzene rings is 1. The second kappa shape index (κ2) is 6.82. The Bertz CT molecular complexity index is 448. The number of alkyl halides is 3. The first-order chi connectivity index (χ1) is 9.90. The van der Waals surface area contributed by atoms with Gasteiger partial charge in [-0.15, -0.1) is 0 Å². The van der Waals surface area contributed by atoms with E-state index in [-0.39, 0.29) is 5.92 Å². The first-order valence-corrected chi connectivity index (χ1v) is 7.74. The molecule has 0 aromatic heterocycles. The highest BCUT2D eigenvalue weighted by Crippen LogP contribution is 2.34. The molecule has 1 atom stereocenters. The average molecular weight is 300 g/mol. The minimum Gasteiger partial charge on any atom is -0.392 e. The molecule has 1 aromatic rings. The van der Waals surface area contributed by atoms with E-state index in [1.165, 1.54) is 12.5 Å². The maximum absolute atomic E-state index is 12.7. The summed E-state index contributed by atoms with van der Waals surface area (Å²) in [7, 11) is 0. The molecule has 0 heterocycles. The van der Waals surface area contributed by atoms with Gasteiger partial charge in [0.25, 0.3) is 0 Å². The molecule has 0 saturated heterocycles. The van der Waals surface area contributed by atoms with Crippen molar-refractivity contribution in [1.29, 1.82) is 0 Å². The van der Waals surface area contributed by atoms with Crippen molar-refractivity contribution >= 4 is 0 Å². The Hall–Kier alpha value is -1.03. The van der Waals surface area contributed by atoms with E-state index in [1.54, 1.807) is 6.07 Å². The van der Waals surface area contributed by atoms with Crippen molar-refractivity contribution in [2.24, 2.45) is 11.8 Å². The van der Waals surface area contributed by atoms with Crippen LogP contribution in [0.3, 0.4) is 0 Å². The van der Waals surface area contributed by atoms with Crippen molar-refractivity contribution in [2.75, 3.05) is 0 Å². The van der Waals surface area contributed by atoms with Crippen LogP contribution >= 0.6 is 0 Å². The predicted molar refractivity (Wildman–Crippen MR) is 76.9 cm³/mol. The Kier molecular flexibility index (Phi) is 5.31. The molecular weight excluding hydrogens is 277 g/mol. The van der Waals surface area contributed by atoms with Crippen LogP contribution < -0.4 is 0 Å². The number of aliphatic hydroxyl groups excluding tert-OH is 1. The number of halogens is 3. The summed E-state index contributed by atoms with van der Waals surface area (Å²) < 4.78 is 38.0. The molecule has 1 aliphatic carbocycles. The average Bonchev–Trinajstić information content (AvgIpc) is 2.47. The van der Waals surface area contributed by atoms with Gasteiger partial charge < -0.3 is 5.11 Å². The first kappa shape index (κ1) is 16.3. The first-order valence-electron chi connectivity index (χ1n) is 7.74. The van der Waals surface area contributed by atoms with Crippen LogP contribution in [-0.2, 0) is 12.6 Å². The summed E-state index contributed by atoms with van der Waals surface area (Å²) >= 11 is 0. The Balaban J connectivity index is 1.95. The Labute approximate surface area is 124 Å². The molecule has 2 rings (SSSR count). The summed E-state index contributed by atoms with van der Waals surface area (Å²) in [6.45, 7) is 2.18. The number of aliphatic hydroxyl groups is 1. The zero-order valence-electron chi connectivity index (χ0n) is 12.4. The molecule has 0 aliphatic heterocycles. The fourth-order valence-electron chi connectivity index (χ4n) is 3.26. The van der Waals surface area contributed by atoms with Crippen LogP contribution in [-0.4, -0.2) is 11.2 Å². The van der Waals surface area contributed by atoms with E-state index in [0.29, 0.717) is 12.0 Å². The van der Waals surface area contributed by atoms with Gasteiger partial charge in [-0.05, 0) is 42.7 Å². The van der Waals surface area contributed by atoms with Crippen molar-refractivity contribution in [3.8, 4) is 0 Å². The highest BCUT2D eigenvalue weighted by Gasteiger charge is 2.31. The van der Waals surface area contributed by atoms with Crippen LogP contribution in [0.5, 0.6) is 0 Å². The molecule has 1 saturated carbocycles. The van der Waals surface area contributed by atoms with Gasteiger partial charge in [0.05, 0.1) is 11.7 Å². The van der Waals surface area contributed by atoms with Crippen LogP contribution in [0.15, 0.2) is 24.3 Å². The number of rotatable bonds is 4. The minimum absolute atomic E-state index is 0.224. The summed E-state index contributed by atoms with van der Waals surface area (Å²) in [5, 5.41) is 10.3. The summed E-state index contributed by atoms with van der Waals surface area (Å²) in [4.78, 5) is 0.